The van der Waals surface area contributed by atoms with Gasteiger partial charge >= 0.3 is 12.0 Å². The number of carbonyl (C=O) groups is 2. The molecular weight excluding hydrogens is 272 g/mol. The van der Waals surface area contributed by atoms with Gasteiger partial charge in [-0.2, -0.15) is 0 Å². The van der Waals surface area contributed by atoms with Crippen LogP contribution in [0.1, 0.15) is 31.4 Å². The summed E-state index contributed by atoms with van der Waals surface area (Å²) in [6.45, 7) is 0. The first-order chi connectivity index (χ1) is 10.0. The number of hydrogen-bond donors (Lipinski definition) is 4. The standard InChI is InChI=1S/C14H20N4O3/c15-11-3-1-2-4-12(11)18-14(21)17-10-6-5-9(16-8-10)7-13(19)20/h5-6,8,11-12H,1-4,7,15H2,(H,19,20)(H2,17,18,21). The van der Waals surface area contributed by atoms with Crippen LogP contribution in [0.2, 0.25) is 0 Å². The van der Waals surface area contributed by atoms with Crippen LogP contribution >= 0.6 is 0 Å². The van der Waals surface area contributed by atoms with Crippen molar-refractivity contribution in [2.24, 2.45) is 5.73 Å². The number of hydrogen-bond acceptors (Lipinski definition) is 4. The molecule has 0 bridgehead atoms. The smallest absolute Gasteiger partial charge is 0.319 e. The molecule has 7 nitrogen and oxygen atoms in total. The Bertz CT molecular complexity index is 503. The number of anilines is 1. The highest BCUT2D eigenvalue weighted by molar-refractivity contribution is 5.89. The summed E-state index contributed by atoms with van der Waals surface area (Å²) in [5, 5.41) is 14.2. The number of rotatable bonds is 4. The normalized spacial score (nSPS) is 21.6. The summed E-state index contributed by atoms with van der Waals surface area (Å²) in [6.07, 6.45) is 5.31. The van der Waals surface area contributed by atoms with Gasteiger partial charge in [-0.3, -0.25) is 9.78 Å². The predicted molar refractivity (Wildman–Crippen MR) is 78.0 cm³/mol. The molecule has 1 aliphatic rings. The van der Waals surface area contributed by atoms with Gasteiger partial charge in [-0.05, 0) is 25.0 Å². The molecule has 1 aromatic heterocycles. The van der Waals surface area contributed by atoms with E-state index in [2.05, 4.69) is 15.6 Å². The molecule has 114 valence electrons. The monoisotopic (exact) mass is 292 g/mol. The highest BCUT2D eigenvalue weighted by Crippen LogP contribution is 2.17. The van der Waals surface area contributed by atoms with E-state index in [-0.39, 0.29) is 24.5 Å². The lowest BCUT2D eigenvalue weighted by Gasteiger charge is -2.29. The van der Waals surface area contributed by atoms with Crippen LogP contribution in [0.5, 0.6) is 0 Å². The minimum atomic E-state index is -0.938. The highest BCUT2D eigenvalue weighted by Gasteiger charge is 2.23. The average Bonchev–Trinajstić information content (AvgIpc) is 2.43. The number of nitrogens with zero attached hydrogens (tertiary/aromatic N) is 1. The first-order valence-electron chi connectivity index (χ1n) is 7.04. The zero-order valence-electron chi connectivity index (χ0n) is 11.7. The molecule has 5 N–H and O–H groups in total. The first-order valence-corrected chi connectivity index (χ1v) is 7.04. The number of carboxylic acid groups (broad SMARTS) is 1. The molecule has 1 heterocycles. The fraction of sp³-hybridized carbons (Fsp3) is 0.500. The van der Waals surface area contributed by atoms with Gasteiger partial charge in [0.25, 0.3) is 0 Å². The molecule has 1 aromatic rings. The van der Waals surface area contributed by atoms with E-state index in [1.165, 1.54) is 6.20 Å². The number of amides is 2. The van der Waals surface area contributed by atoms with Crippen LogP contribution in [0.4, 0.5) is 10.5 Å². The molecule has 0 aromatic carbocycles. The van der Waals surface area contributed by atoms with E-state index >= 15 is 0 Å². The van der Waals surface area contributed by atoms with Gasteiger partial charge in [0.1, 0.15) is 0 Å². The zero-order valence-corrected chi connectivity index (χ0v) is 11.7. The molecule has 0 aliphatic heterocycles. The Morgan fingerprint density at radius 3 is 2.71 bits per heavy atom. The third kappa shape index (κ3) is 4.71. The molecule has 0 radical (unpaired) electrons. The second-order valence-electron chi connectivity index (χ2n) is 5.26. The minimum absolute atomic E-state index is 0.000526. The third-order valence-corrected chi connectivity index (χ3v) is 3.55. The van der Waals surface area contributed by atoms with Crippen molar-refractivity contribution in [1.82, 2.24) is 10.3 Å². The van der Waals surface area contributed by atoms with Gasteiger partial charge < -0.3 is 21.5 Å². The summed E-state index contributed by atoms with van der Waals surface area (Å²) in [5.74, 6) is -0.938. The molecule has 7 heteroatoms. The number of aliphatic carboxylic acids is 1. The molecule has 2 amide bonds. The van der Waals surface area contributed by atoms with Crippen LogP contribution in [0.3, 0.4) is 0 Å². The van der Waals surface area contributed by atoms with Crippen molar-refractivity contribution in [3.8, 4) is 0 Å². The van der Waals surface area contributed by atoms with Crippen molar-refractivity contribution in [2.75, 3.05) is 5.32 Å². The second-order valence-corrected chi connectivity index (χ2v) is 5.26. The molecule has 2 atom stereocenters. The Morgan fingerprint density at radius 2 is 2.10 bits per heavy atom. The largest absolute Gasteiger partial charge is 0.481 e. The minimum Gasteiger partial charge on any atom is -0.481 e. The highest BCUT2D eigenvalue weighted by atomic mass is 16.4. The topological polar surface area (TPSA) is 117 Å². The quantitative estimate of drug-likeness (QED) is 0.663. The maximum atomic E-state index is 11.9. The van der Waals surface area contributed by atoms with Gasteiger partial charge in [-0.15, -0.1) is 0 Å². The molecule has 2 unspecified atom stereocenters. The SMILES string of the molecule is NC1CCCCC1NC(=O)Nc1ccc(CC(=O)O)nc1. The molecule has 1 aliphatic carbocycles. The van der Waals surface area contributed by atoms with E-state index in [9.17, 15) is 9.59 Å². The van der Waals surface area contributed by atoms with Gasteiger partial charge in [0.15, 0.2) is 0 Å². The van der Waals surface area contributed by atoms with E-state index in [1.54, 1.807) is 12.1 Å². The van der Waals surface area contributed by atoms with Crippen LogP contribution < -0.4 is 16.4 Å². The Kier molecular flexibility index (Phi) is 5.10. The summed E-state index contributed by atoms with van der Waals surface area (Å²) in [5.41, 5.74) is 6.94. The molecular formula is C14H20N4O3. The van der Waals surface area contributed by atoms with E-state index in [4.69, 9.17) is 10.8 Å². The van der Waals surface area contributed by atoms with Crippen molar-refractivity contribution in [3.63, 3.8) is 0 Å². The molecule has 0 saturated heterocycles. The lowest BCUT2D eigenvalue weighted by molar-refractivity contribution is -0.136. The summed E-state index contributed by atoms with van der Waals surface area (Å²) in [4.78, 5) is 26.4. The van der Waals surface area contributed by atoms with Crippen molar-refractivity contribution < 1.29 is 14.7 Å². The van der Waals surface area contributed by atoms with E-state index in [0.717, 1.165) is 25.7 Å². The van der Waals surface area contributed by atoms with E-state index in [1.807, 2.05) is 0 Å². The number of urea groups is 1. The summed E-state index contributed by atoms with van der Waals surface area (Å²) in [6, 6.07) is 2.89. The second kappa shape index (κ2) is 7.03. The average molecular weight is 292 g/mol. The Morgan fingerprint density at radius 1 is 1.33 bits per heavy atom. The molecule has 21 heavy (non-hydrogen) atoms. The fourth-order valence-electron chi connectivity index (χ4n) is 2.43. The van der Waals surface area contributed by atoms with Crippen molar-refractivity contribution in [1.29, 1.82) is 0 Å². The van der Waals surface area contributed by atoms with Gasteiger partial charge in [-0.25, -0.2) is 4.79 Å². The number of carbonyl (C=O) groups excluding carboxylic acids is 1. The number of carboxylic acids is 1. The Hall–Kier alpha value is -2.15. The predicted octanol–water partition coefficient (Wildman–Crippen LogP) is 1.10. The summed E-state index contributed by atoms with van der Waals surface area (Å²) >= 11 is 0. The van der Waals surface area contributed by atoms with Gasteiger partial charge in [0.05, 0.1) is 24.0 Å². The number of nitrogens with two attached hydrogens (primary N) is 1. The molecule has 2 rings (SSSR count). The number of pyridine rings is 1. The van der Waals surface area contributed by atoms with E-state index < -0.39 is 5.97 Å². The number of aromatic nitrogens is 1. The van der Waals surface area contributed by atoms with E-state index in [0.29, 0.717) is 11.4 Å². The summed E-state index contributed by atoms with van der Waals surface area (Å²) in [7, 11) is 0. The molecule has 1 saturated carbocycles. The fourth-order valence-corrected chi connectivity index (χ4v) is 2.43. The third-order valence-electron chi connectivity index (χ3n) is 3.55. The van der Waals surface area contributed by atoms with Gasteiger partial charge in [-0.1, -0.05) is 12.8 Å². The van der Waals surface area contributed by atoms with Crippen molar-refractivity contribution in [2.45, 2.75) is 44.2 Å². The maximum Gasteiger partial charge on any atom is 0.319 e. The van der Waals surface area contributed by atoms with Crippen LogP contribution in [0, 0.1) is 0 Å². The molecule has 0 spiro atoms. The van der Waals surface area contributed by atoms with Crippen LogP contribution in [0.25, 0.3) is 0 Å². The van der Waals surface area contributed by atoms with Crippen molar-refractivity contribution in [3.05, 3.63) is 24.0 Å². The van der Waals surface area contributed by atoms with Crippen LogP contribution in [-0.4, -0.2) is 34.2 Å². The lowest BCUT2D eigenvalue weighted by Crippen LogP contribution is -2.50. The first kappa shape index (κ1) is 15.2. The maximum absolute atomic E-state index is 11.9. The van der Waals surface area contributed by atoms with Crippen molar-refractivity contribution >= 4 is 17.7 Å². The van der Waals surface area contributed by atoms with Crippen LogP contribution in [-0.2, 0) is 11.2 Å². The van der Waals surface area contributed by atoms with Crippen LogP contribution in [0.15, 0.2) is 18.3 Å². The number of nitrogens with one attached hydrogen (secondary N) is 2. The Labute approximate surface area is 122 Å². The van der Waals surface area contributed by atoms with Gasteiger partial charge in [0.2, 0.25) is 0 Å². The Balaban J connectivity index is 1.85. The molecule has 1 fully saturated rings. The lowest BCUT2D eigenvalue weighted by atomic mass is 9.91. The van der Waals surface area contributed by atoms with Gasteiger partial charge in [0, 0.05) is 12.1 Å². The zero-order chi connectivity index (χ0) is 15.2. The summed E-state index contributed by atoms with van der Waals surface area (Å²) < 4.78 is 0.